The van der Waals surface area contributed by atoms with Crippen LogP contribution in [0, 0.1) is 0 Å². The highest BCUT2D eigenvalue weighted by molar-refractivity contribution is 6.32. The SMILES string of the molecule is O=C(O)CC(NC(=O)COc1ccccc1Cl)c1ccc(Cl)cc1. The zero-order valence-corrected chi connectivity index (χ0v) is 14.1. The summed E-state index contributed by atoms with van der Waals surface area (Å²) < 4.78 is 5.35. The van der Waals surface area contributed by atoms with Gasteiger partial charge in [-0.05, 0) is 29.8 Å². The monoisotopic (exact) mass is 367 g/mol. The maximum Gasteiger partial charge on any atom is 0.305 e. The Bertz CT molecular complexity index is 719. The number of carbonyl (C=O) groups excluding carboxylic acids is 1. The molecule has 2 rings (SSSR count). The van der Waals surface area contributed by atoms with E-state index in [1.807, 2.05) is 0 Å². The molecule has 24 heavy (non-hydrogen) atoms. The summed E-state index contributed by atoms with van der Waals surface area (Å²) in [7, 11) is 0. The fraction of sp³-hybridized carbons (Fsp3) is 0.176. The van der Waals surface area contributed by atoms with Crippen LogP contribution >= 0.6 is 23.2 Å². The number of carbonyl (C=O) groups is 2. The van der Waals surface area contributed by atoms with Crippen molar-refractivity contribution < 1.29 is 19.4 Å². The van der Waals surface area contributed by atoms with Crippen LogP contribution in [0.4, 0.5) is 0 Å². The molecule has 0 saturated heterocycles. The van der Waals surface area contributed by atoms with Crippen LogP contribution in [0.15, 0.2) is 48.5 Å². The summed E-state index contributed by atoms with van der Waals surface area (Å²) in [6.45, 7) is -0.270. The summed E-state index contributed by atoms with van der Waals surface area (Å²) in [5.41, 5.74) is 0.646. The predicted octanol–water partition coefficient (Wildman–Crippen LogP) is 3.70. The Morgan fingerprint density at radius 2 is 1.75 bits per heavy atom. The number of carboxylic acid groups (broad SMARTS) is 1. The van der Waals surface area contributed by atoms with E-state index < -0.39 is 17.9 Å². The molecule has 7 heteroatoms. The van der Waals surface area contributed by atoms with E-state index in [2.05, 4.69) is 5.32 Å². The molecule has 0 aliphatic carbocycles. The van der Waals surface area contributed by atoms with Crippen LogP contribution in [0.2, 0.25) is 10.0 Å². The highest BCUT2D eigenvalue weighted by atomic mass is 35.5. The summed E-state index contributed by atoms with van der Waals surface area (Å²) in [6, 6.07) is 12.7. The number of benzene rings is 2. The lowest BCUT2D eigenvalue weighted by atomic mass is 10.0. The Labute approximate surface area is 149 Å². The molecule has 0 fully saturated rings. The molecule has 0 aliphatic heterocycles. The molecule has 0 heterocycles. The Hall–Kier alpha value is -2.24. The van der Waals surface area contributed by atoms with Gasteiger partial charge in [-0.1, -0.05) is 47.5 Å². The second-order valence-corrected chi connectivity index (χ2v) is 5.83. The summed E-state index contributed by atoms with van der Waals surface area (Å²) >= 11 is 11.8. The first kappa shape index (κ1) is 18.1. The van der Waals surface area contributed by atoms with Gasteiger partial charge in [0.25, 0.3) is 5.91 Å². The van der Waals surface area contributed by atoms with Gasteiger partial charge in [-0.2, -0.15) is 0 Å². The molecule has 0 spiro atoms. The van der Waals surface area contributed by atoms with Crippen molar-refractivity contribution in [3.8, 4) is 5.75 Å². The fourth-order valence-corrected chi connectivity index (χ4v) is 2.38. The fourth-order valence-electron chi connectivity index (χ4n) is 2.06. The lowest BCUT2D eigenvalue weighted by Gasteiger charge is -2.18. The average molecular weight is 368 g/mol. The van der Waals surface area contributed by atoms with Crippen LogP contribution in [0.3, 0.4) is 0 Å². The average Bonchev–Trinajstić information content (AvgIpc) is 2.54. The van der Waals surface area contributed by atoms with Crippen LogP contribution < -0.4 is 10.1 Å². The van der Waals surface area contributed by atoms with E-state index >= 15 is 0 Å². The van der Waals surface area contributed by atoms with Gasteiger partial charge in [-0.3, -0.25) is 9.59 Å². The molecule has 1 atom stereocenters. The minimum Gasteiger partial charge on any atom is -0.482 e. The van der Waals surface area contributed by atoms with Crippen LogP contribution in [-0.2, 0) is 9.59 Å². The summed E-state index contributed by atoms with van der Waals surface area (Å²) in [5, 5.41) is 12.6. The number of nitrogens with one attached hydrogen (secondary N) is 1. The second kappa shape index (κ2) is 8.57. The molecule has 2 N–H and O–H groups in total. The van der Waals surface area contributed by atoms with Gasteiger partial charge in [0, 0.05) is 5.02 Å². The molecule has 1 unspecified atom stereocenters. The lowest BCUT2D eigenvalue weighted by molar-refractivity contribution is -0.137. The molecule has 1 amide bonds. The number of hydrogen-bond donors (Lipinski definition) is 2. The highest BCUT2D eigenvalue weighted by Crippen LogP contribution is 2.23. The van der Waals surface area contributed by atoms with Gasteiger partial charge in [0.15, 0.2) is 6.61 Å². The molecule has 5 nitrogen and oxygen atoms in total. The number of amides is 1. The van der Waals surface area contributed by atoms with E-state index in [0.29, 0.717) is 21.4 Å². The number of rotatable bonds is 7. The molecule has 0 aromatic heterocycles. The largest absolute Gasteiger partial charge is 0.482 e. The number of carboxylic acids is 1. The second-order valence-electron chi connectivity index (χ2n) is 4.99. The smallest absolute Gasteiger partial charge is 0.305 e. The minimum atomic E-state index is -1.03. The third kappa shape index (κ3) is 5.44. The van der Waals surface area contributed by atoms with E-state index in [9.17, 15) is 9.59 Å². The number of hydrogen-bond acceptors (Lipinski definition) is 3. The van der Waals surface area contributed by atoms with E-state index in [-0.39, 0.29) is 13.0 Å². The first-order valence-corrected chi connectivity index (χ1v) is 7.85. The first-order valence-electron chi connectivity index (χ1n) is 7.09. The van der Waals surface area contributed by atoms with Crippen LogP contribution in [0.25, 0.3) is 0 Å². The number of para-hydroxylation sites is 1. The molecular weight excluding hydrogens is 353 g/mol. The van der Waals surface area contributed by atoms with Gasteiger partial charge in [0.1, 0.15) is 5.75 Å². The molecule has 0 bridgehead atoms. The van der Waals surface area contributed by atoms with Crippen LogP contribution in [0.1, 0.15) is 18.0 Å². The van der Waals surface area contributed by atoms with E-state index in [1.165, 1.54) is 0 Å². The Morgan fingerprint density at radius 1 is 1.08 bits per heavy atom. The Kier molecular flexibility index (Phi) is 6.46. The van der Waals surface area contributed by atoms with Crippen molar-refractivity contribution >= 4 is 35.1 Å². The third-order valence-corrected chi connectivity index (χ3v) is 3.75. The Balaban J connectivity index is 2.00. The molecule has 126 valence electrons. The third-order valence-electron chi connectivity index (χ3n) is 3.18. The number of halogens is 2. The molecule has 0 aliphatic rings. The van der Waals surface area contributed by atoms with Gasteiger partial charge < -0.3 is 15.2 Å². The molecule has 0 saturated carbocycles. The van der Waals surface area contributed by atoms with Crippen molar-refractivity contribution in [2.45, 2.75) is 12.5 Å². The topological polar surface area (TPSA) is 75.6 Å². The van der Waals surface area contributed by atoms with Crippen molar-refractivity contribution in [3.63, 3.8) is 0 Å². The van der Waals surface area contributed by atoms with Gasteiger partial charge in [-0.25, -0.2) is 0 Å². The predicted molar refractivity (Wildman–Crippen MR) is 91.5 cm³/mol. The molecule has 2 aromatic carbocycles. The van der Waals surface area contributed by atoms with Crippen molar-refractivity contribution in [2.24, 2.45) is 0 Å². The van der Waals surface area contributed by atoms with E-state index in [4.69, 9.17) is 33.0 Å². The van der Waals surface area contributed by atoms with E-state index in [0.717, 1.165) is 0 Å². The molecule has 0 radical (unpaired) electrons. The zero-order chi connectivity index (χ0) is 17.5. The van der Waals surface area contributed by atoms with Crippen molar-refractivity contribution in [1.82, 2.24) is 5.32 Å². The molecule has 2 aromatic rings. The van der Waals surface area contributed by atoms with Gasteiger partial charge in [-0.15, -0.1) is 0 Å². The van der Waals surface area contributed by atoms with Crippen molar-refractivity contribution in [1.29, 1.82) is 0 Å². The first-order chi connectivity index (χ1) is 11.5. The van der Waals surface area contributed by atoms with Crippen molar-refractivity contribution in [3.05, 3.63) is 64.1 Å². The minimum absolute atomic E-state index is 0.251. The van der Waals surface area contributed by atoms with Crippen LogP contribution in [0.5, 0.6) is 5.75 Å². The lowest BCUT2D eigenvalue weighted by Crippen LogP contribution is -2.33. The summed E-state index contributed by atoms with van der Waals surface area (Å²) in [5.74, 6) is -1.09. The van der Waals surface area contributed by atoms with Gasteiger partial charge in [0.2, 0.25) is 0 Å². The molecular formula is C17H15Cl2NO4. The quantitative estimate of drug-likeness (QED) is 0.781. The number of aliphatic carboxylic acids is 1. The highest BCUT2D eigenvalue weighted by Gasteiger charge is 2.18. The van der Waals surface area contributed by atoms with Crippen molar-refractivity contribution in [2.75, 3.05) is 6.61 Å². The van der Waals surface area contributed by atoms with E-state index in [1.54, 1.807) is 48.5 Å². The Morgan fingerprint density at radius 3 is 2.38 bits per heavy atom. The summed E-state index contributed by atoms with van der Waals surface area (Å²) in [6.07, 6.45) is -0.251. The normalized spacial score (nSPS) is 11.6. The summed E-state index contributed by atoms with van der Waals surface area (Å²) in [4.78, 5) is 23.1. The maximum absolute atomic E-state index is 12.1. The standard InChI is InChI=1S/C17H15Cl2NO4/c18-12-7-5-11(6-8-12)14(9-17(22)23)20-16(21)10-24-15-4-2-1-3-13(15)19/h1-8,14H,9-10H2,(H,20,21)(H,22,23). The van der Waals surface area contributed by atoms with Crippen LogP contribution in [-0.4, -0.2) is 23.6 Å². The number of ether oxygens (including phenoxy) is 1. The maximum atomic E-state index is 12.1. The zero-order valence-electron chi connectivity index (χ0n) is 12.5. The van der Waals surface area contributed by atoms with Gasteiger partial charge >= 0.3 is 5.97 Å². The van der Waals surface area contributed by atoms with Gasteiger partial charge in [0.05, 0.1) is 17.5 Å².